The van der Waals surface area contributed by atoms with Crippen LogP contribution in [0, 0.1) is 5.92 Å². The van der Waals surface area contributed by atoms with Crippen LogP contribution in [0.1, 0.15) is 18.9 Å². The lowest BCUT2D eigenvalue weighted by atomic mass is 10.1. The summed E-state index contributed by atoms with van der Waals surface area (Å²) < 4.78 is 21.1. The van der Waals surface area contributed by atoms with E-state index in [2.05, 4.69) is 5.32 Å². The van der Waals surface area contributed by atoms with Crippen LogP contribution in [0.5, 0.6) is 17.2 Å². The van der Waals surface area contributed by atoms with Crippen LogP contribution >= 0.6 is 0 Å². The zero-order valence-electron chi connectivity index (χ0n) is 19.8. The molecule has 1 fully saturated rings. The van der Waals surface area contributed by atoms with Crippen LogP contribution in [0.15, 0.2) is 42.5 Å². The van der Waals surface area contributed by atoms with Crippen LogP contribution in [-0.4, -0.2) is 63.2 Å². The van der Waals surface area contributed by atoms with Crippen molar-refractivity contribution in [2.24, 2.45) is 5.92 Å². The molecular formula is C25H30N2O7. The Hall–Kier alpha value is -3.75. The number of hydrogen-bond donors (Lipinski definition) is 1. The number of benzene rings is 2. The summed E-state index contributed by atoms with van der Waals surface area (Å²) in [7, 11) is 4.64. The second-order valence-electron chi connectivity index (χ2n) is 7.95. The van der Waals surface area contributed by atoms with E-state index in [0.29, 0.717) is 35.9 Å². The lowest BCUT2D eigenvalue weighted by Gasteiger charge is -2.18. The summed E-state index contributed by atoms with van der Waals surface area (Å²) in [6.45, 7) is 2.21. The molecule has 0 bridgehead atoms. The number of nitrogens with zero attached hydrogens (tertiary/aromatic N) is 1. The van der Waals surface area contributed by atoms with Crippen LogP contribution in [-0.2, 0) is 25.5 Å². The van der Waals surface area contributed by atoms with Gasteiger partial charge in [0.2, 0.25) is 5.91 Å². The maximum Gasteiger partial charge on any atom is 0.312 e. The molecule has 0 aromatic heterocycles. The third-order valence-corrected chi connectivity index (χ3v) is 5.69. The van der Waals surface area contributed by atoms with Gasteiger partial charge in [0, 0.05) is 19.5 Å². The Labute approximate surface area is 198 Å². The van der Waals surface area contributed by atoms with Crippen molar-refractivity contribution in [3.63, 3.8) is 0 Å². The van der Waals surface area contributed by atoms with Crippen molar-refractivity contribution < 1.29 is 33.3 Å². The number of nitrogens with one attached hydrogen (secondary N) is 1. The minimum absolute atomic E-state index is 0.0611. The molecule has 9 nitrogen and oxygen atoms in total. The number of carbonyl (C=O) groups is 3. The fourth-order valence-corrected chi connectivity index (χ4v) is 3.75. The monoisotopic (exact) mass is 470 g/mol. The summed E-state index contributed by atoms with van der Waals surface area (Å²) in [5, 5.41) is 2.69. The van der Waals surface area contributed by atoms with Crippen molar-refractivity contribution in [2.45, 2.75) is 25.9 Å². The van der Waals surface area contributed by atoms with E-state index in [-0.39, 0.29) is 18.9 Å². The van der Waals surface area contributed by atoms with Crippen molar-refractivity contribution in [2.75, 3.05) is 39.7 Å². The molecule has 2 atom stereocenters. The highest BCUT2D eigenvalue weighted by Gasteiger charge is 2.36. The Bertz CT molecular complexity index is 1040. The van der Waals surface area contributed by atoms with Gasteiger partial charge in [0.05, 0.1) is 32.9 Å². The quantitative estimate of drug-likeness (QED) is 0.533. The molecule has 9 heteroatoms. The van der Waals surface area contributed by atoms with Crippen molar-refractivity contribution in [3.05, 3.63) is 48.0 Å². The van der Waals surface area contributed by atoms with Gasteiger partial charge in [-0.1, -0.05) is 18.2 Å². The SMILES string of the molecule is COc1ccccc1NC(=O)C(C)OC(=O)C1CC(=O)N(CCc2ccc(OC)c(OC)c2)C1. The number of esters is 1. The van der Waals surface area contributed by atoms with Crippen LogP contribution in [0.25, 0.3) is 0 Å². The van der Waals surface area contributed by atoms with E-state index in [1.54, 1.807) is 43.4 Å². The first kappa shape index (κ1) is 24.9. The maximum absolute atomic E-state index is 12.6. The molecule has 1 aliphatic rings. The zero-order chi connectivity index (χ0) is 24.7. The molecular weight excluding hydrogens is 440 g/mol. The van der Waals surface area contributed by atoms with E-state index in [1.807, 2.05) is 18.2 Å². The highest BCUT2D eigenvalue weighted by molar-refractivity contribution is 5.96. The number of ether oxygens (including phenoxy) is 4. The second kappa shape index (κ2) is 11.4. The average Bonchev–Trinajstić information content (AvgIpc) is 3.23. The standard InChI is InChI=1S/C25H30N2O7/c1-16(24(29)26-19-7-5-6-8-20(19)31-2)34-25(30)18-14-23(28)27(15-18)12-11-17-9-10-21(32-3)22(13-17)33-4/h5-10,13,16,18H,11-12,14-15H2,1-4H3,(H,26,29). The van der Waals surface area contributed by atoms with Gasteiger partial charge in [0.25, 0.3) is 5.91 Å². The average molecular weight is 471 g/mol. The molecule has 34 heavy (non-hydrogen) atoms. The summed E-state index contributed by atoms with van der Waals surface area (Å²) >= 11 is 0. The van der Waals surface area contributed by atoms with Gasteiger partial charge < -0.3 is 29.2 Å². The van der Waals surface area contributed by atoms with Crippen LogP contribution < -0.4 is 19.5 Å². The topological polar surface area (TPSA) is 103 Å². The minimum atomic E-state index is -1.02. The number of methoxy groups -OCH3 is 3. The van der Waals surface area contributed by atoms with Crippen LogP contribution in [0.4, 0.5) is 5.69 Å². The van der Waals surface area contributed by atoms with Crippen LogP contribution in [0.2, 0.25) is 0 Å². The first-order valence-electron chi connectivity index (χ1n) is 11.0. The van der Waals surface area contributed by atoms with Gasteiger partial charge in [-0.2, -0.15) is 0 Å². The number of amides is 2. The van der Waals surface area contributed by atoms with Gasteiger partial charge in [-0.05, 0) is 43.2 Å². The molecule has 182 valence electrons. The van der Waals surface area contributed by atoms with Gasteiger partial charge in [-0.15, -0.1) is 0 Å². The predicted octanol–water partition coefficient (Wildman–Crippen LogP) is 2.67. The Morgan fingerprint density at radius 3 is 2.44 bits per heavy atom. The number of anilines is 1. The first-order chi connectivity index (χ1) is 16.4. The molecule has 2 aromatic carbocycles. The number of hydrogen-bond acceptors (Lipinski definition) is 7. The molecule has 0 saturated carbocycles. The van der Waals surface area contributed by atoms with E-state index in [1.165, 1.54) is 14.0 Å². The van der Waals surface area contributed by atoms with Crippen molar-refractivity contribution in [1.29, 1.82) is 0 Å². The Balaban J connectivity index is 1.51. The minimum Gasteiger partial charge on any atom is -0.495 e. The molecule has 2 amide bonds. The van der Waals surface area contributed by atoms with Gasteiger partial charge >= 0.3 is 5.97 Å². The fraction of sp³-hybridized carbons (Fsp3) is 0.400. The molecule has 0 radical (unpaired) electrons. The largest absolute Gasteiger partial charge is 0.495 e. The van der Waals surface area contributed by atoms with E-state index < -0.39 is 23.9 Å². The Morgan fingerprint density at radius 2 is 1.74 bits per heavy atom. The third-order valence-electron chi connectivity index (χ3n) is 5.69. The van der Waals surface area contributed by atoms with Gasteiger partial charge in [0.1, 0.15) is 5.75 Å². The lowest BCUT2D eigenvalue weighted by molar-refractivity contribution is -0.157. The molecule has 0 spiro atoms. The zero-order valence-corrected chi connectivity index (χ0v) is 19.8. The normalized spacial score (nSPS) is 16.1. The van der Waals surface area contributed by atoms with E-state index in [0.717, 1.165) is 5.56 Å². The molecule has 1 heterocycles. The highest BCUT2D eigenvalue weighted by atomic mass is 16.5. The van der Waals surface area contributed by atoms with Crippen molar-refractivity contribution in [1.82, 2.24) is 4.90 Å². The maximum atomic E-state index is 12.6. The first-order valence-corrected chi connectivity index (χ1v) is 11.0. The smallest absolute Gasteiger partial charge is 0.312 e. The van der Waals surface area contributed by atoms with Gasteiger partial charge in [-0.25, -0.2) is 0 Å². The second-order valence-corrected chi connectivity index (χ2v) is 7.95. The lowest BCUT2D eigenvalue weighted by Crippen LogP contribution is -2.33. The van der Waals surface area contributed by atoms with Crippen LogP contribution in [0.3, 0.4) is 0 Å². The number of carbonyl (C=O) groups excluding carboxylic acids is 3. The molecule has 2 unspecified atom stereocenters. The van der Waals surface area contributed by atoms with Gasteiger partial charge in [-0.3, -0.25) is 14.4 Å². The summed E-state index contributed by atoms with van der Waals surface area (Å²) in [5.41, 5.74) is 1.47. The Kier molecular flexibility index (Phi) is 8.34. The molecule has 0 aliphatic carbocycles. The van der Waals surface area contributed by atoms with Crippen molar-refractivity contribution in [3.8, 4) is 17.2 Å². The van der Waals surface area contributed by atoms with Crippen molar-refractivity contribution >= 4 is 23.5 Å². The number of likely N-dealkylation sites (tertiary alicyclic amines) is 1. The summed E-state index contributed by atoms with van der Waals surface area (Å²) in [4.78, 5) is 39.2. The molecule has 2 aromatic rings. The predicted molar refractivity (Wildman–Crippen MR) is 125 cm³/mol. The third kappa shape index (κ3) is 5.98. The number of para-hydroxylation sites is 2. The summed E-state index contributed by atoms with van der Waals surface area (Å²) in [6.07, 6.45) is -0.356. The highest BCUT2D eigenvalue weighted by Crippen LogP contribution is 2.28. The number of rotatable bonds is 10. The Morgan fingerprint density at radius 1 is 1.03 bits per heavy atom. The molecule has 3 rings (SSSR count). The van der Waals surface area contributed by atoms with Gasteiger partial charge in [0.15, 0.2) is 17.6 Å². The van der Waals surface area contributed by atoms with E-state index in [4.69, 9.17) is 18.9 Å². The van der Waals surface area contributed by atoms with E-state index in [9.17, 15) is 14.4 Å². The summed E-state index contributed by atoms with van der Waals surface area (Å²) in [5.74, 6) is -0.0178. The molecule has 1 N–H and O–H groups in total. The fourth-order valence-electron chi connectivity index (χ4n) is 3.75. The summed E-state index contributed by atoms with van der Waals surface area (Å²) in [6, 6.07) is 12.5. The van der Waals surface area contributed by atoms with E-state index >= 15 is 0 Å². The molecule has 1 aliphatic heterocycles. The molecule has 1 saturated heterocycles.